The van der Waals surface area contributed by atoms with Crippen LogP contribution in [-0.2, 0) is 26.2 Å². The minimum Gasteiger partial charge on any atom is -0.548 e. The van der Waals surface area contributed by atoms with E-state index in [9.17, 15) is 39.0 Å². The van der Waals surface area contributed by atoms with Gasteiger partial charge in [-0.3, -0.25) is 19.2 Å². The van der Waals surface area contributed by atoms with Crippen molar-refractivity contribution < 1.29 is 39.0 Å². The fraction of sp³-hybridized carbons (Fsp3) is 0.517. The van der Waals surface area contributed by atoms with Crippen LogP contribution in [0.1, 0.15) is 58.7 Å². The quantitative estimate of drug-likeness (QED) is 0.361. The van der Waals surface area contributed by atoms with E-state index in [-0.39, 0.29) is 31.8 Å². The largest absolute Gasteiger partial charge is 0.548 e. The molecule has 13 nitrogen and oxygen atoms in total. The Morgan fingerprint density at radius 3 is 1.77 bits per heavy atom. The summed E-state index contributed by atoms with van der Waals surface area (Å²) in [5, 5.41) is 31.4. The molecule has 230 valence electrons. The molecule has 3 fully saturated rings. The topological polar surface area (TPSA) is 184 Å². The lowest BCUT2D eigenvalue weighted by molar-refractivity contribution is -0.312. The number of carbonyl (C=O) groups is 6. The average Bonchev–Trinajstić information content (AvgIpc) is 3.79. The van der Waals surface area contributed by atoms with Crippen LogP contribution in [0.15, 0.2) is 35.8 Å². The molecular weight excluding hydrogens is 578 g/mol. The molecule has 2 aromatic heterocycles. The smallest absolute Gasteiger partial charge is 0.268 e. The molecule has 0 radical (unpaired) electrons. The van der Waals surface area contributed by atoms with Crippen LogP contribution in [0.3, 0.4) is 0 Å². The molecule has 0 bridgehead atoms. The van der Waals surface area contributed by atoms with E-state index in [2.05, 4.69) is 10.6 Å². The van der Waals surface area contributed by atoms with Gasteiger partial charge in [-0.2, -0.15) is 0 Å². The second-order valence-electron chi connectivity index (χ2n) is 11.4. The molecule has 4 amide bonds. The number of hydrogen-bond acceptors (Lipinski definition) is 9. The van der Waals surface area contributed by atoms with Crippen LogP contribution in [0.25, 0.3) is 0 Å². The van der Waals surface area contributed by atoms with Crippen molar-refractivity contribution in [2.75, 3.05) is 13.1 Å². The molecule has 0 unspecified atom stereocenters. The minimum atomic E-state index is -1.46. The number of amides is 4. The van der Waals surface area contributed by atoms with Gasteiger partial charge in [0, 0.05) is 50.3 Å². The predicted molar refractivity (Wildman–Crippen MR) is 148 cm³/mol. The lowest BCUT2D eigenvalue weighted by Gasteiger charge is -2.37. The van der Waals surface area contributed by atoms with Crippen LogP contribution in [0.5, 0.6) is 0 Å². The highest BCUT2D eigenvalue weighted by atomic mass is 32.1. The van der Waals surface area contributed by atoms with Crippen molar-refractivity contribution in [2.24, 2.45) is 18.9 Å². The molecule has 1 saturated carbocycles. The van der Waals surface area contributed by atoms with Crippen LogP contribution >= 0.6 is 11.3 Å². The number of hydrogen-bond donors (Lipinski definition) is 2. The van der Waals surface area contributed by atoms with Crippen LogP contribution in [-0.4, -0.2) is 87.2 Å². The van der Waals surface area contributed by atoms with Crippen molar-refractivity contribution in [1.82, 2.24) is 25.0 Å². The number of carboxylic acid groups (broad SMARTS) is 2. The Balaban J connectivity index is 1.30. The molecule has 0 aromatic carbocycles. The maximum absolute atomic E-state index is 13.9. The Labute approximate surface area is 251 Å². The number of aryl methyl sites for hydroxylation is 1. The minimum absolute atomic E-state index is 0.0298. The number of rotatable bonds is 8. The lowest BCUT2D eigenvalue weighted by atomic mass is 9.77. The summed E-state index contributed by atoms with van der Waals surface area (Å²) in [5.41, 5.74) is 0.380. The number of nitrogens with one attached hydrogen (secondary N) is 2. The van der Waals surface area contributed by atoms with Crippen LogP contribution in [0.2, 0.25) is 0 Å². The van der Waals surface area contributed by atoms with Gasteiger partial charge in [-0.25, -0.2) is 0 Å². The molecule has 2 saturated heterocycles. The molecule has 14 heteroatoms. The van der Waals surface area contributed by atoms with Gasteiger partial charge in [0.25, 0.3) is 11.8 Å². The molecule has 1 aliphatic carbocycles. The summed E-state index contributed by atoms with van der Waals surface area (Å²) in [7, 11) is 1.70. The Bertz CT molecular complexity index is 1410. The van der Waals surface area contributed by atoms with Gasteiger partial charge in [-0.1, -0.05) is 18.9 Å². The number of aromatic nitrogens is 1. The number of nitrogens with zero attached hydrogens (tertiary/aromatic N) is 3. The SMILES string of the molecule is Cn1cccc1C(=O)N[C@H]1C[C@@H](C(=O)[O-])N(C(=O)[C@@H]2CCCC[C@@H]2C(=O)N2C[C@@H](NC(=O)c3cccs3)C[C@H]2C(=O)[O-])C1. The predicted octanol–water partition coefficient (Wildman–Crippen LogP) is -1.51. The van der Waals surface area contributed by atoms with Crippen molar-refractivity contribution in [3.63, 3.8) is 0 Å². The van der Waals surface area contributed by atoms with Gasteiger partial charge in [0.05, 0.1) is 28.9 Å². The van der Waals surface area contributed by atoms with Gasteiger partial charge >= 0.3 is 0 Å². The standard InChI is InChI=1S/C29H35N5O8S/c1-32-10-4-8-20(32)24(35)30-16-12-21(28(39)40)33(14-16)26(37)18-6-2-3-7-19(18)27(38)34-15-17(13-22(34)29(41)42)31-25(36)23-9-5-11-43-23/h4-5,8-11,16-19,21-22H,2-3,6-7,12-15H2,1H3,(H,30,35)(H,31,36)(H,39,40)(H,41,42)/p-2/t16-,17-,18+,19-,21-,22-/m0/s1. The van der Waals surface area contributed by atoms with Gasteiger partial charge in [0.15, 0.2) is 0 Å². The van der Waals surface area contributed by atoms with Gasteiger partial charge in [0.2, 0.25) is 11.8 Å². The summed E-state index contributed by atoms with van der Waals surface area (Å²) in [6, 6.07) is 2.87. The Morgan fingerprint density at radius 2 is 1.33 bits per heavy atom. The van der Waals surface area contributed by atoms with Crippen molar-refractivity contribution in [3.05, 3.63) is 46.4 Å². The van der Waals surface area contributed by atoms with Gasteiger partial charge in [-0.15, -0.1) is 11.3 Å². The van der Waals surface area contributed by atoms with E-state index >= 15 is 0 Å². The van der Waals surface area contributed by atoms with E-state index in [1.807, 2.05) is 0 Å². The summed E-state index contributed by atoms with van der Waals surface area (Å²) < 4.78 is 1.62. The molecule has 3 aliphatic rings. The van der Waals surface area contributed by atoms with E-state index in [1.54, 1.807) is 47.5 Å². The maximum Gasteiger partial charge on any atom is 0.268 e. The van der Waals surface area contributed by atoms with E-state index in [1.165, 1.54) is 21.1 Å². The first kappa shape index (κ1) is 30.3. The fourth-order valence-corrected chi connectivity index (χ4v) is 7.21. The van der Waals surface area contributed by atoms with E-state index in [0.717, 1.165) is 0 Å². The zero-order chi connectivity index (χ0) is 30.8. The summed E-state index contributed by atoms with van der Waals surface area (Å²) in [5.74, 6) is -6.47. The number of likely N-dealkylation sites (tertiary alicyclic amines) is 2. The van der Waals surface area contributed by atoms with Gasteiger partial charge in [-0.05, 0) is 49.3 Å². The van der Waals surface area contributed by atoms with E-state index in [4.69, 9.17) is 0 Å². The monoisotopic (exact) mass is 611 g/mol. The second-order valence-corrected chi connectivity index (χ2v) is 12.4. The van der Waals surface area contributed by atoms with Gasteiger partial charge < -0.3 is 44.8 Å². The Morgan fingerprint density at radius 1 is 0.791 bits per heavy atom. The van der Waals surface area contributed by atoms with Gasteiger partial charge in [0.1, 0.15) is 5.69 Å². The van der Waals surface area contributed by atoms with Crippen molar-refractivity contribution in [1.29, 1.82) is 0 Å². The number of thiophene rings is 1. The third-order valence-electron chi connectivity index (χ3n) is 8.70. The first-order valence-electron chi connectivity index (χ1n) is 14.3. The Kier molecular flexibility index (Phi) is 8.85. The Hall–Kier alpha value is -4.20. The lowest BCUT2D eigenvalue weighted by Crippen LogP contribution is -2.54. The molecule has 5 rings (SSSR count). The summed E-state index contributed by atoms with van der Waals surface area (Å²) in [6.45, 7) is -0.113. The summed E-state index contributed by atoms with van der Waals surface area (Å²) in [4.78, 5) is 80.0. The maximum atomic E-state index is 13.9. The molecule has 2 aliphatic heterocycles. The molecular formula is C29H33N5O8S-2. The fourth-order valence-electron chi connectivity index (χ4n) is 6.58. The normalized spacial score (nSPS) is 27.1. The van der Waals surface area contributed by atoms with Crippen molar-refractivity contribution in [3.8, 4) is 0 Å². The molecule has 2 N–H and O–H groups in total. The summed E-state index contributed by atoms with van der Waals surface area (Å²) in [6.07, 6.45) is 3.57. The molecule has 4 heterocycles. The first-order valence-corrected chi connectivity index (χ1v) is 15.2. The van der Waals surface area contributed by atoms with Crippen LogP contribution in [0.4, 0.5) is 0 Å². The summed E-state index contributed by atoms with van der Waals surface area (Å²) >= 11 is 1.24. The van der Waals surface area contributed by atoms with Crippen LogP contribution < -0.4 is 20.8 Å². The third kappa shape index (κ3) is 6.28. The highest BCUT2D eigenvalue weighted by Gasteiger charge is 2.47. The highest BCUT2D eigenvalue weighted by molar-refractivity contribution is 7.12. The zero-order valence-corrected chi connectivity index (χ0v) is 24.4. The molecule has 6 atom stereocenters. The van der Waals surface area contributed by atoms with Crippen molar-refractivity contribution in [2.45, 2.75) is 62.7 Å². The third-order valence-corrected chi connectivity index (χ3v) is 9.57. The molecule has 43 heavy (non-hydrogen) atoms. The van der Waals surface area contributed by atoms with Crippen molar-refractivity contribution >= 4 is 46.9 Å². The average molecular weight is 612 g/mol. The first-order chi connectivity index (χ1) is 20.5. The number of aliphatic carboxylic acids is 2. The van der Waals surface area contributed by atoms with E-state index in [0.29, 0.717) is 36.3 Å². The zero-order valence-electron chi connectivity index (χ0n) is 23.6. The second kappa shape index (κ2) is 12.6. The number of carboxylic acids is 2. The number of carbonyl (C=O) groups excluding carboxylic acids is 6. The van der Waals surface area contributed by atoms with Crippen LogP contribution in [0, 0.1) is 11.8 Å². The highest BCUT2D eigenvalue weighted by Crippen LogP contribution is 2.36. The molecule has 2 aromatic rings. The van der Waals surface area contributed by atoms with E-state index < -0.39 is 65.7 Å². The molecule has 0 spiro atoms.